The van der Waals surface area contributed by atoms with Crippen LogP contribution >= 0.6 is 0 Å². The number of ether oxygens (including phenoxy) is 1. The van der Waals surface area contributed by atoms with Crippen LogP contribution in [0.25, 0.3) is 10.9 Å². The van der Waals surface area contributed by atoms with E-state index in [2.05, 4.69) is 11.1 Å². The maximum Gasteiger partial charge on any atom is 0.137 e. The summed E-state index contributed by atoms with van der Waals surface area (Å²) in [6, 6.07) is 9.51. The number of hydrogen-bond acceptors (Lipinski definition) is 3. The van der Waals surface area contributed by atoms with E-state index in [-0.39, 0.29) is 0 Å². The lowest BCUT2D eigenvalue weighted by Gasteiger charge is -2.06. The van der Waals surface area contributed by atoms with Crippen molar-refractivity contribution in [3.05, 3.63) is 36.0 Å². The van der Waals surface area contributed by atoms with Crippen LogP contribution in [-0.2, 0) is 0 Å². The maximum atomic E-state index is 9.09. The predicted molar refractivity (Wildman–Crippen MR) is 57.6 cm³/mol. The third kappa shape index (κ3) is 1.62. The Kier molecular flexibility index (Phi) is 2.51. The molecule has 0 fully saturated rings. The molecule has 2 aromatic rings. The normalized spacial score (nSPS) is 9.87. The van der Waals surface area contributed by atoms with Gasteiger partial charge >= 0.3 is 0 Å². The topological polar surface area (TPSA) is 45.9 Å². The molecule has 15 heavy (non-hydrogen) atoms. The Morgan fingerprint density at radius 2 is 2.27 bits per heavy atom. The van der Waals surface area contributed by atoms with E-state index in [1.807, 2.05) is 25.1 Å². The molecular formula is C12H10N2O. The number of pyridine rings is 1. The fraction of sp³-hybridized carbons (Fsp3) is 0.167. The second kappa shape index (κ2) is 3.97. The molecule has 0 aliphatic heterocycles. The molecule has 0 aliphatic carbocycles. The van der Waals surface area contributed by atoms with Crippen LogP contribution in [0, 0.1) is 11.3 Å². The average molecular weight is 198 g/mol. The number of rotatable bonds is 2. The molecule has 0 aliphatic rings. The molecule has 0 amide bonds. The van der Waals surface area contributed by atoms with E-state index in [4.69, 9.17) is 10.00 Å². The van der Waals surface area contributed by atoms with Crippen LogP contribution in [0.3, 0.4) is 0 Å². The van der Waals surface area contributed by atoms with Gasteiger partial charge in [0.05, 0.1) is 12.1 Å². The van der Waals surface area contributed by atoms with Crippen LogP contribution in [0.15, 0.2) is 30.5 Å². The molecule has 0 spiro atoms. The molecule has 3 nitrogen and oxygen atoms in total. The first-order valence-electron chi connectivity index (χ1n) is 4.77. The van der Waals surface area contributed by atoms with Gasteiger partial charge in [0.15, 0.2) is 0 Å². The summed E-state index contributed by atoms with van der Waals surface area (Å²) in [4.78, 5) is 4.18. The molecule has 0 radical (unpaired) electrons. The van der Waals surface area contributed by atoms with Gasteiger partial charge in [-0.1, -0.05) is 0 Å². The van der Waals surface area contributed by atoms with Gasteiger partial charge in [-0.25, -0.2) is 0 Å². The van der Waals surface area contributed by atoms with Gasteiger partial charge in [0.1, 0.15) is 17.4 Å². The molecule has 0 bridgehead atoms. The number of nitrogens with zero attached hydrogens (tertiary/aromatic N) is 2. The van der Waals surface area contributed by atoms with Crippen LogP contribution in [0.4, 0.5) is 0 Å². The molecule has 74 valence electrons. The highest BCUT2D eigenvalue weighted by Crippen LogP contribution is 2.25. The van der Waals surface area contributed by atoms with Crippen molar-refractivity contribution in [1.82, 2.24) is 4.98 Å². The number of benzene rings is 1. The zero-order chi connectivity index (χ0) is 10.7. The monoisotopic (exact) mass is 198 g/mol. The third-order valence-electron chi connectivity index (χ3n) is 2.16. The molecule has 0 saturated heterocycles. The highest BCUT2D eigenvalue weighted by atomic mass is 16.5. The van der Waals surface area contributed by atoms with Gasteiger partial charge in [0.25, 0.3) is 0 Å². The van der Waals surface area contributed by atoms with Crippen molar-refractivity contribution in [2.24, 2.45) is 0 Å². The zero-order valence-corrected chi connectivity index (χ0v) is 8.40. The summed E-state index contributed by atoms with van der Waals surface area (Å²) in [6.07, 6.45) is 1.71. The van der Waals surface area contributed by atoms with Crippen LogP contribution in [0.5, 0.6) is 5.75 Å². The molecule has 0 atom stereocenters. The second-order valence-corrected chi connectivity index (χ2v) is 3.05. The van der Waals surface area contributed by atoms with Crippen molar-refractivity contribution in [2.45, 2.75) is 6.92 Å². The minimum absolute atomic E-state index is 0.556. The van der Waals surface area contributed by atoms with Crippen molar-refractivity contribution >= 4 is 10.9 Å². The van der Waals surface area contributed by atoms with E-state index in [9.17, 15) is 0 Å². The lowest BCUT2D eigenvalue weighted by atomic mass is 10.1. The SMILES string of the molecule is CCOc1ccc2ncccc2c1C#N. The first-order chi connectivity index (χ1) is 7.36. The number of fused-ring (bicyclic) bond motifs is 1. The highest BCUT2D eigenvalue weighted by Gasteiger charge is 2.07. The smallest absolute Gasteiger partial charge is 0.137 e. The van der Waals surface area contributed by atoms with E-state index in [1.165, 1.54) is 0 Å². The standard InChI is InChI=1S/C12H10N2O/c1-2-15-12-6-5-11-9(10(12)8-13)4-3-7-14-11/h3-7H,2H2,1H3. The summed E-state index contributed by atoms with van der Waals surface area (Å²) < 4.78 is 5.39. The lowest BCUT2D eigenvalue weighted by Crippen LogP contribution is -1.95. The predicted octanol–water partition coefficient (Wildman–Crippen LogP) is 2.51. The Bertz CT molecular complexity index is 529. The molecule has 1 aromatic carbocycles. The molecular weight excluding hydrogens is 188 g/mol. The summed E-state index contributed by atoms with van der Waals surface area (Å²) in [5.74, 6) is 0.625. The molecule has 0 N–H and O–H groups in total. The Hall–Kier alpha value is -2.08. The minimum Gasteiger partial charge on any atom is -0.492 e. The van der Waals surface area contributed by atoms with Gasteiger partial charge in [0, 0.05) is 11.6 Å². The van der Waals surface area contributed by atoms with Crippen LogP contribution in [0.1, 0.15) is 12.5 Å². The van der Waals surface area contributed by atoms with Crippen molar-refractivity contribution in [2.75, 3.05) is 6.61 Å². The summed E-state index contributed by atoms with van der Waals surface area (Å²) >= 11 is 0. The van der Waals surface area contributed by atoms with E-state index in [1.54, 1.807) is 12.3 Å². The Morgan fingerprint density at radius 3 is 3.00 bits per heavy atom. The maximum absolute atomic E-state index is 9.09. The Balaban J connectivity index is 2.71. The minimum atomic E-state index is 0.556. The molecule has 3 heteroatoms. The average Bonchev–Trinajstić information content (AvgIpc) is 2.29. The van der Waals surface area contributed by atoms with Crippen LogP contribution in [-0.4, -0.2) is 11.6 Å². The summed E-state index contributed by atoms with van der Waals surface area (Å²) in [6.45, 7) is 2.45. The first kappa shape index (κ1) is 9.47. The molecule has 2 rings (SSSR count). The second-order valence-electron chi connectivity index (χ2n) is 3.05. The van der Waals surface area contributed by atoms with E-state index in [0.29, 0.717) is 17.9 Å². The van der Waals surface area contributed by atoms with Crippen molar-refractivity contribution < 1.29 is 4.74 Å². The third-order valence-corrected chi connectivity index (χ3v) is 2.16. The molecule has 1 heterocycles. The highest BCUT2D eigenvalue weighted by molar-refractivity contribution is 5.87. The van der Waals surface area contributed by atoms with Crippen LogP contribution in [0.2, 0.25) is 0 Å². The lowest BCUT2D eigenvalue weighted by molar-refractivity contribution is 0.340. The van der Waals surface area contributed by atoms with Gasteiger partial charge in [-0.2, -0.15) is 5.26 Å². The molecule has 0 saturated carbocycles. The van der Waals surface area contributed by atoms with Gasteiger partial charge in [-0.05, 0) is 31.2 Å². The summed E-state index contributed by atoms with van der Waals surface area (Å²) in [7, 11) is 0. The van der Waals surface area contributed by atoms with Gasteiger partial charge < -0.3 is 4.74 Å². The summed E-state index contributed by atoms with van der Waals surface area (Å²) in [5.41, 5.74) is 1.37. The number of hydrogen-bond donors (Lipinski definition) is 0. The van der Waals surface area contributed by atoms with Gasteiger partial charge in [0.2, 0.25) is 0 Å². The van der Waals surface area contributed by atoms with Crippen molar-refractivity contribution in [3.8, 4) is 11.8 Å². The quantitative estimate of drug-likeness (QED) is 0.744. The number of nitriles is 1. The molecule has 1 aromatic heterocycles. The fourth-order valence-corrected chi connectivity index (χ4v) is 1.52. The van der Waals surface area contributed by atoms with Crippen molar-refractivity contribution in [1.29, 1.82) is 5.26 Å². The van der Waals surface area contributed by atoms with Gasteiger partial charge in [-0.3, -0.25) is 4.98 Å². The van der Waals surface area contributed by atoms with E-state index >= 15 is 0 Å². The zero-order valence-electron chi connectivity index (χ0n) is 8.40. The largest absolute Gasteiger partial charge is 0.492 e. The summed E-state index contributed by atoms with van der Waals surface area (Å²) in [5, 5.41) is 9.92. The Morgan fingerprint density at radius 1 is 1.40 bits per heavy atom. The Labute approximate surface area is 87.9 Å². The first-order valence-corrected chi connectivity index (χ1v) is 4.77. The van der Waals surface area contributed by atoms with E-state index in [0.717, 1.165) is 10.9 Å². The van der Waals surface area contributed by atoms with E-state index < -0.39 is 0 Å². The van der Waals surface area contributed by atoms with Crippen LogP contribution < -0.4 is 4.74 Å². The fourth-order valence-electron chi connectivity index (χ4n) is 1.52. The van der Waals surface area contributed by atoms with Gasteiger partial charge in [-0.15, -0.1) is 0 Å². The van der Waals surface area contributed by atoms with Crippen molar-refractivity contribution in [3.63, 3.8) is 0 Å². The molecule has 0 unspecified atom stereocenters. The number of aromatic nitrogens is 1.